The lowest BCUT2D eigenvalue weighted by Crippen LogP contribution is -2.29. The molecule has 8 nitrogen and oxygen atoms in total. The first-order valence-corrected chi connectivity index (χ1v) is 11.4. The average Bonchev–Trinajstić information content (AvgIpc) is 3.36. The molecule has 1 aliphatic heterocycles. The third-order valence-electron chi connectivity index (χ3n) is 5.46. The van der Waals surface area contributed by atoms with Crippen LogP contribution in [0.1, 0.15) is 39.5 Å². The predicted molar refractivity (Wildman–Crippen MR) is 127 cm³/mol. The summed E-state index contributed by atoms with van der Waals surface area (Å²) in [6, 6.07) is 10.5. The first-order chi connectivity index (χ1) is 16.8. The maximum absolute atomic E-state index is 15.0. The van der Waals surface area contributed by atoms with E-state index in [1.165, 1.54) is 37.4 Å². The van der Waals surface area contributed by atoms with Crippen molar-refractivity contribution in [3.8, 4) is 5.75 Å². The van der Waals surface area contributed by atoms with E-state index < -0.39 is 35.3 Å². The summed E-state index contributed by atoms with van der Waals surface area (Å²) in [6.45, 7) is 3.37. The van der Waals surface area contributed by atoms with Crippen LogP contribution in [0.15, 0.2) is 54.1 Å². The quantitative estimate of drug-likeness (QED) is 0.233. The number of thiazole rings is 1. The van der Waals surface area contributed by atoms with Gasteiger partial charge in [0.15, 0.2) is 5.13 Å². The second-order valence-corrected chi connectivity index (χ2v) is 8.53. The van der Waals surface area contributed by atoms with E-state index in [9.17, 15) is 23.9 Å². The fourth-order valence-electron chi connectivity index (χ4n) is 3.80. The third-order valence-corrected chi connectivity index (χ3v) is 6.60. The van der Waals surface area contributed by atoms with Gasteiger partial charge in [-0.25, -0.2) is 14.2 Å². The number of methoxy groups -OCH3 is 1. The average molecular weight is 497 g/mol. The van der Waals surface area contributed by atoms with Crippen molar-refractivity contribution in [2.75, 3.05) is 18.6 Å². The highest BCUT2D eigenvalue weighted by atomic mass is 32.1. The van der Waals surface area contributed by atoms with Crippen LogP contribution in [0.25, 0.3) is 5.76 Å². The third kappa shape index (κ3) is 4.28. The minimum Gasteiger partial charge on any atom is -0.507 e. The number of hydrogen-bond acceptors (Lipinski definition) is 8. The van der Waals surface area contributed by atoms with Gasteiger partial charge in [0.05, 0.1) is 25.0 Å². The van der Waals surface area contributed by atoms with E-state index in [2.05, 4.69) is 4.98 Å². The Kier molecular flexibility index (Phi) is 6.65. The van der Waals surface area contributed by atoms with E-state index in [1.54, 1.807) is 32.0 Å². The van der Waals surface area contributed by atoms with Crippen LogP contribution >= 0.6 is 11.3 Å². The fraction of sp³-hybridized carbons (Fsp3) is 0.200. The smallest absolute Gasteiger partial charge is 0.350 e. The molecule has 180 valence electrons. The number of benzene rings is 2. The van der Waals surface area contributed by atoms with E-state index in [0.717, 1.165) is 16.2 Å². The lowest BCUT2D eigenvalue weighted by molar-refractivity contribution is -0.132. The molecule has 1 atom stereocenters. The Labute approximate surface area is 204 Å². The molecular weight excluding hydrogens is 475 g/mol. The molecule has 0 spiro atoms. The molecule has 1 N–H and O–H groups in total. The first-order valence-electron chi connectivity index (χ1n) is 10.6. The first kappa shape index (κ1) is 24.1. The number of aromatic nitrogens is 1. The molecule has 1 aromatic heterocycles. The molecule has 0 bridgehead atoms. The maximum Gasteiger partial charge on any atom is 0.350 e. The molecule has 1 amide bonds. The van der Waals surface area contributed by atoms with Crippen molar-refractivity contribution in [1.29, 1.82) is 0 Å². The van der Waals surface area contributed by atoms with Crippen molar-refractivity contribution >= 4 is 39.9 Å². The number of aliphatic hydroxyl groups is 1. The summed E-state index contributed by atoms with van der Waals surface area (Å²) >= 11 is 0.853. The van der Waals surface area contributed by atoms with Gasteiger partial charge in [-0.1, -0.05) is 29.5 Å². The molecule has 3 aromatic rings. The molecule has 4 rings (SSSR count). The Hall–Kier alpha value is -4.05. The summed E-state index contributed by atoms with van der Waals surface area (Å²) in [6.07, 6.45) is 0. The Morgan fingerprint density at radius 2 is 1.86 bits per heavy atom. The molecule has 35 heavy (non-hydrogen) atoms. The molecule has 2 aromatic carbocycles. The molecule has 1 aliphatic rings. The topological polar surface area (TPSA) is 106 Å². The zero-order chi connectivity index (χ0) is 25.3. The molecule has 1 fully saturated rings. The van der Waals surface area contributed by atoms with Gasteiger partial charge in [-0.15, -0.1) is 0 Å². The van der Waals surface area contributed by atoms with E-state index in [1.807, 2.05) is 0 Å². The highest BCUT2D eigenvalue weighted by Crippen LogP contribution is 2.44. The van der Waals surface area contributed by atoms with E-state index >= 15 is 0 Å². The molecular formula is C25H21FN2O6S. The number of Topliss-reactive ketones (excluding diaryl/α,β-unsaturated/α-hetero) is 1. The molecule has 0 aliphatic carbocycles. The van der Waals surface area contributed by atoms with Gasteiger partial charge >= 0.3 is 11.9 Å². The summed E-state index contributed by atoms with van der Waals surface area (Å²) < 4.78 is 25.1. The van der Waals surface area contributed by atoms with Gasteiger partial charge in [-0.05, 0) is 44.2 Å². The molecule has 0 saturated carbocycles. The van der Waals surface area contributed by atoms with Crippen LogP contribution in [-0.2, 0) is 14.3 Å². The largest absolute Gasteiger partial charge is 0.507 e. The van der Waals surface area contributed by atoms with Crippen LogP contribution in [0, 0.1) is 12.7 Å². The van der Waals surface area contributed by atoms with E-state index in [0.29, 0.717) is 11.4 Å². The number of nitrogens with zero attached hydrogens (tertiary/aromatic N) is 2. The summed E-state index contributed by atoms with van der Waals surface area (Å²) in [7, 11) is 1.49. The van der Waals surface area contributed by atoms with Crippen LogP contribution in [-0.4, -0.2) is 41.5 Å². The minimum atomic E-state index is -1.31. The van der Waals surface area contributed by atoms with E-state index in [4.69, 9.17) is 9.47 Å². The lowest BCUT2D eigenvalue weighted by atomic mass is 9.95. The van der Waals surface area contributed by atoms with Crippen LogP contribution in [0.3, 0.4) is 0 Å². The lowest BCUT2D eigenvalue weighted by Gasteiger charge is -2.23. The number of halogens is 1. The van der Waals surface area contributed by atoms with Crippen LogP contribution in [0.4, 0.5) is 9.52 Å². The Bertz CT molecular complexity index is 1350. The highest BCUT2D eigenvalue weighted by Gasteiger charge is 2.49. The van der Waals surface area contributed by atoms with Crippen molar-refractivity contribution < 1.29 is 33.4 Å². The van der Waals surface area contributed by atoms with Crippen LogP contribution < -0.4 is 9.64 Å². The fourth-order valence-corrected chi connectivity index (χ4v) is 4.78. The van der Waals surface area contributed by atoms with Crippen LogP contribution in [0.5, 0.6) is 5.75 Å². The zero-order valence-corrected chi connectivity index (χ0v) is 19.9. The van der Waals surface area contributed by atoms with Crippen molar-refractivity contribution in [3.05, 3.63) is 81.6 Å². The Morgan fingerprint density at radius 3 is 2.49 bits per heavy atom. The van der Waals surface area contributed by atoms with Gasteiger partial charge in [0.2, 0.25) is 0 Å². The number of ketones is 1. The van der Waals surface area contributed by atoms with Gasteiger partial charge in [0.25, 0.3) is 5.78 Å². The Morgan fingerprint density at radius 1 is 1.17 bits per heavy atom. The predicted octanol–water partition coefficient (Wildman–Crippen LogP) is 4.40. The number of rotatable bonds is 6. The molecule has 0 radical (unpaired) electrons. The molecule has 10 heteroatoms. The number of anilines is 1. The van der Waals surface area contributed by atoms with Gasteiger partial charge in [0.1, 0.15) is 28.2 Å². The van der Waals surface area contributed by atoms with Gasteiger partial charge < -0.3 is 14.6 Å². The number of aryl methyl sites for hydroxylation is 1. The van der Waals surface area contributed by atoms with Gasteiger partial charge in [-0.2, -0.15) is 0 Å². The number of hydrogen-bond donors (Lipinski definition) is 1. The Balaban J connectivity index is 1.91. The molecule has 1 saturated heterocycles. The van der Waals surface area contributed by atoms with E-state index in [-0.39, 0.29) is 33.3 Å². The molecule has 2 heterocycles. The second-order valence-electron chi connectivity index (χ2n) is 7.55. The van der Waals surface area contributed by atoms with Crippen molar-refractivity contribution in [3.63, 3.8) is 0 Å². The van der Waals surface area contributed by atoms with Crippen molar-refractivity contribution in [2.24, 2.45) is 0 Å². The SMILES string of the molecule is CCOC(=O)c1sc(N2C(=O)C(=O)C(=C(O)c3ccc(OC)cc3)[C@H]2c2ccccc2F)nc1C. The van der Waals surface area contributed by atoms with Gasteiger partial charge in [0, 0.05) is 11.1 Å². The molecule has 0 unspecified atom stereocenters. The highest BCUT2D eigenvalue weighted by molar-refractivity contribution is 7.17. The van der Waals surface area contributed by atoms with Crippen LogP contribution in [0.2, 0.25) is 0 Å². The standard InChI is InChI=1S/C25H21FN2O6S/c1-4-34-24(32)22-13(2)27-25(35-22)28-19(16-7-5-6-8-17(16)26)18(21(30)23(28)31)20(29)14-9-11-15(33-3)12-10-14/h5-12,19,29H,4H2,1-3H3/t19-/m1/s1. The summed E-state index contributed by atoms with van der Waals surface area (Å²) in [5.41, 5.74) is 0.239. The monoisotopic (exact) mass is 496 g/mol. The zero-order valence-electron chi connectivity index (χ0n) is 19.1. The number of carbonyl (C=O) groups excluding carboxylic acids is 3. The summed E-state index contributed by atoms with van der Waals surface area (Å²) in [4.78, 5) is 44.2. The second kappa shape index (κ2) is 9.67. The number of esters is 1. The number of aliphatic hydroxyl groups excluding tert-OH is 1. The summed E-state index contributed by atoms with van der Waals surface area (Å²) in [5.74, 6) is -3.25. The number of ether oxygens (including phenoxy) is 2. The summed E-state index contributed by atoms with van der Waals surface area (Å²) in [5, 5.41) is 11.1. The normalized spacial score (nSPS) is 17.0. The number of carbonyl (C=O) groups is 3. The minimum absolute atomic E-state index is 0.00713. The maximum atomic E-state index is 15.0. The van der Waals surface area contributed by atoms with Crippen molar-refractivity contribution in [2.45, 2.75) is 19.9 Å². The van der Waals surface area contributed by atoms with Crippen molar-refractivity contribution in [1.82, 2.24) is 4.98 Å². The van der Waals surface area contributed by atoms with Gasteiger partial charge in [-0.3, -0.25) is 14.5 Å². The number of amides is 1.